The third kappa shape index (κ3) is 7.86. The van der Waals surface area contributed by atoms with E-state index < -0.39 is 35.9 Å². The van der Waals surface area contributed by atoms with Crippen LogP contribution in [-0.4, -0.2) is 61.1 Å². The van der Waals surface area contributed by atoms with Crippen molar-refractivity contribution >= 4 is 23.8 Å². The van der Waals surface area contributed by atoms with Crippen molar-refractivity contribution < 1.29 is 37.8 Å². The molecule has 1 aromatic carbocycles. The molecule has 0 aromatic heterocycles. The summed E-state index contributed by atoms with van der Waals surface area (Å²) in [7, 11) is 0. The molecule has 3 rings (SSSR count). The van der Waals surface area contributed by atoms with E-state index in [0.717, 1.165) is 29.9 Å². The molecule has 2 N–H and O–H groups in total. The average molecular weight is 492 g/mol. The van der Waals surface area contributed by atoms with Gasteiger partial charge in [0.1, 0.15) is 5.82 Å². The van der Waals surface area contributed by atoms with Gasteiger partial charge in [-0.3, -0.25) is 19.3 Å². The smallest absolute Gasteiger partial charge is 0.407 e. The molecule has 1 saturated heterocycles. The molecule has 0 spiro atoms. The summed E-state index contributed by atoms with van der Waals surface area (Å²) in [5, 5.41) is 5.15. The number of imide groups is 1. The zero-order valence-corrected chi connectivity index (χ0v) is 19.6. The highest BCUT2D eigenvalue weighted by Crippen LogP contribution is 2.30. The Morgan fingerprint density at radius 2 is 1.94 bits per heavy atom. The van der Waals surface area contributed by atoms with Crippen molar-refractivity contribution in [1.82, 2.24) is 15.5 Å². The fraction of sp³-hybridized carbons (Fsp3) is 0.500. The van der Waals surface area contributed by atoms with E-state index in [-0.39, 0.29) is 25.6 Å². The summed E-state index contributed by atoms with van der Waals surface area (Å²) in [6.07, 6.45) is 3.25. The van der Waals surface area contributed by atoms with Gasteiger partial charge in [-0.1, -0.05) is 12.1 Å². The summed E-state index contributed by atoms with van der Waals surface area (Å²) in [4.78, 5) is 47.2. The Bertz CT molecular complexity index is 950. The number of ether oxygens (including phenoxy) is 3. The van der Waals surface area contributed by atoms with Gasteiger partial charge in [-0.25, -0.2) is 9.18 Å². The monoisotopic (exact) mass is 491 g/mol. The van der Waals surface area contributed by atoms with E-state index >= 15 is 0 Å². The number of unbranched alkanes of at least 4 members (excludes halogenated alkanes) is 1. The number of nitrogens with zero attached hydrogens (tertiary/aromatic N) is 1. The second-order valence-electron chi connectivity index (χ2n) is 8.12. The topological polar surface area (TPSA) is 123 Å². The number of hydrogen-bond acceptors (Lipinski definition) is 7. The molecule has 0 bridgehead atoms. The van der Waals surface area contributed by atoms with Gasteiger partial charge in [-0.05, 0) is 32.3 Å². The normalized spacial score (nSPS) is 19.3. The molecule has 2 atom stereocenters. The standard InChI is InChI=1S/C24H30FN3O7/c1-2-26-24(32)33-12-4-3-5-18-15-34-23(35-18)16-6-7-17(19(25)13-16)14-27-20(29)10-11-28-21(30)8-9-22(28)31/h6-9,13,18,23H,2-5,10-12,14-15H2,1H3,(H,26,32)(H,27,29). The Balaban J connectivity index is 1.36. The second kappa shape index (κ2) is 13.0. The van der Waals surface area contributed by atoms with E-state index in [2.05, 4.69) is 10.6 Å². The zero-order chi connectivity index (χ0) is 25.2. The SMILES string of the molecule is CCNC(=O)OCCCCC1COC(c2ccc(CNC(=O)CCN3C(=O)C=CC3=O)c(F)c2)O1. The maximum atomic E-state index is 14.6. The molecule has 1 aromatic rings. The molecule has 1 fully saturated rings. The van der Waals surface area contributed by atoms with E-state index in [1.807, 2.05) is 6.92 Å². The molecule has 35 heavy (non-hydrogen) atoms. The first-order valence-corrected chi connectivity index (χ1v) is 11.6. The van der Waals surface area contributed by atoms with Crippen LogP contribution in [0, 0.1) is 5.82 Å². The lowest BCUT2D eigenvalue weighted by Crippen LogP contribution is -2.34. The van der Waals surface area contributed by atoms with Gasteiger partial charge in [0.2, 0.25) is 5.91 Å². The lowest BCUT2D eigenvalue weighted by Gasteiger charge is -2.14. The Morgan fingerprint density at radius 3 is 2.66 bits per heavy atom. The summed E-state index contributed by atoms with van der Waals surface area (Å²) < 4.78 is 31.1. The molecule has 11 heteroatoms. The van der Waals surface area contributed by atoms with Crippen molar-refractivity contribution in [2.75, 3.05) is 26.3 Å². The lowest BCUT2D eigenvalue weighted by molar-refractivity contribution is -0.137. The van der Waals surface area contributed by atoms with Crippen LogP contribution in [0.25, 0.3) is 0 Å². The first kappa shape index (κ1) is 26.3. The number of alkyl carbamates (subject to hydrolysis) is 1. The van der Waals surface area contributed by atoms with Crippen LogP contribution in [0.15, 0.2) is 30.4 Å². The molecule has 2 unspecified atom stereocenters. The van der Waals surface area contributed by atoms with E-state index in [4.69, 9.17) is 14.2 Å². The molecule has 0 saturated carbocycles. The predicted octanol–water partition coefficient (Wildman–Crippen LogP) is 2.09. The summed E-state index contributed by atoms with van der Waals surface area (Å²) in [5.74, 6) is -1.81. The quantitative estimate of drug-likeness (QED) is 0.339. The van der Waals surface area contributed by atoms with E-state index in [9.17, 15) is 23.6 Å². The highest BCUT2D eigenvalue weighted by Gasteiger charge is 2.28. The van der Waals surface area contributed by atoms with Crippen LogP contribution < -0.4 is 10.6 Å². The molecular weight excluding hydrogens is 461 g/mol. The van der Waals surface area contributed by atoms with Crippen LogP contribution in [-0.2, 0) is 35.1 Å². The highest BCUT2D eigenvalue weighted by molar-refractivity contribution is 6.13. The zero-order valence-electron chi connectivity index (χ0n) is 19.6. The highest BCUT2D eigenvalue weighted by atomic mass is 19.1. The second-order valence-corrected chi connectivity index (χ2v) is 8.12. The van der Waals surface area contributed by atoms with Crippen LogP contribution in [0.5, 0.6) is 0 Å². The number of rotatable bonds is 12. The number of hydrogen-bond donors (Lipinski definition) is 2. The summed E-state index contributed by atoms with van der Waals surface area (Å²) in [6, 6.07) is 4.56. The van der Waals surface area contributed by atoms with Crippen molar-refractivity contribution in [1.29, 1.82) is 0 Å². The number of carbonyl (C=O) groups excluding carboxylic acids is 4. The van der Waals surface area contributed by atoms with Crippen molar-refractivity contribution in [2.45, 2.75) is 51.5 Å². The first-order chi connectivity index (χ1) is 16.9. The third-order valence-corrected chi connectivity index (χ3v) is 5.51. The Kier molecular flexibility index (Phi) is 9.74. The maximum absolute atomic E-state index is 14.6. The molecule has 4 amide bonds. The van der Waals surface area contributed by atoms with E-state index in [1.54, 1.807) is 12.1 Å². The molecule has 2 heterocycles. The Labute approximate surface area is 202 Å². The molecule has 2 aliphatic rings. The van der Waals surface area contributed by atoms with Gasteiger partial charge in [0.05, 0.1) is 19.3 Å². The molecular formula is C24H30FN3O7. The number of nitrogens with one attached hydrogen (secondary N) is 2. The minimum absolute atomic E-state index is 0.0293. The molecule has 0 aliphatic carbocycles. The third-order valence-electron chi connectivity index (χ3n) is 5.51. The van der Waals surface area contributed by atoms with Crippen molar-refractivity contribution in [3.05, 3.63) is 47.3 Å². The minimum Gasteiger partial charge on any atom is -0.450 e. The summed E-state index contributed by atoms with van der Waals surface area (Å²) in [5.41, 5.74) is 0.831. The number of halogens is 1. The van der Waals surface area contributed by atoms with Crippen molar-refractivity contribution in [2.24, 2.45) is 0 Å². The van der Waals surface area contributed by atoms with Crippen LogP contribution in [0.1, 0.15) is 50.0 Å². The molecule has 0 radical (unpaired) electrons. The minimum atomic E-state index is -0.672. The summed E-state index contributed by atoms with van der Waals surface area (Å²) in [6.45, 7) is 3.00. The Morgan fingerprint density at radius 1 is 1.17 bits per heavy atom. The summed E-state index contributed by atoms with van der Waals surface area (Å²) >= 11 is 0. The van der Waals surface area contributed by atoms with Crippen LogP contribution >= 0.6 is 0 Å². The maximum Gasteiger partial charge on any atom is 0.407 e. The van der Waals surface area contributed by atoms with Crippen LogP contribution in [0.4, 0.5) is 9.18 Å². The number of carbonyl (C=O) groups is 4. The van der Waals surface area contributed by atoms with Gasteiger partial charge in [0.25, 0.3) is 11.8 Å². The van der Waals surface area contributed by atoms with Crippen molar-refractivity contribution in [3.8, 4) is 0 Å². The predicted molar refractivity (Wildman–Crippen MR) is 121 cm³/mol. The van der Waals surface area contributed by atoms with Gasteiger partial charge in [0, 0.05) is 49.3 Å². The fourth-order valence-electron chi connectivity index (χ4n) is 3.61. The average Bonchev–Trinajstić information content (AvgIpc) is 3.43. The fourth-order valence-corrected chi connectivity index (χ4v) is 3.61. The van der Waals surface area contributed by atoms with Gasteiger partial charge in [0.15, 0.2) is 6.29 Å². The largest absolute Gasteiger partial charge is 0.450 e. The van der Waals surface area contributed by atoms with E-state index in [1.165, 1.54) is 6.07 Å². The van der Waals surface area contributed by atoms with Crippen LogP contribution in [0.3, 0.4) is 0 Å². The van der Waals surface area contributed by atoms with Gasteiger partial charge >= 0.3 is 6.09 Å². The molecule has 2 aliphatic heterocycles. The van der Waals surface area contributed by atoms with Crippen LogP contribution in [0.2, 0.25) is 0 Å². The number of amides is 4. The molecule has 190 valence electrons. The van der Waals surface area contributed by atoms with Crippen molar-refractivity contribution in [3.63, 3.8) is 0 Å². The number of benzene rings is 1. The lowest BCUT2D eigenvalue weighted by atomic mass is 10.1. The Hall–Kier alpha value is -3.31. The molecule has 10 nitrogen and oxygen atoms in total. The van der Waals surface area contributed by atoms with Gasteiger partial charge in [-0.2, -0.15) is 0 Å². The first-order valence-electron chi connectivity index (χ1n) is 11.6. The van der Waals surface area contributed by atoms with Gasteiger partial charge in [-0.15, -0.1) is 0 Å². The van der Waals surface area contributed by atoms with E-state index in [0.29, 0.717) is 37.3 Å². The van der Waals surface area contributed by atoms with Gasteiger partial charge < -0.3 is 24.8 Å².